The van der Waals surface area contributed by atoms with E-state index < -0.39 is 22.8 Å². The molecule has 0 saturated carbocycles. The lowest BCUT2D eigenvalue weighted by atomic mass is 9.95. The molecule has 1 fully saturated rings. The number of piperidine rings is 1. The number of ether oxygens (including phenoxy) is 1. The summed E-state index contributed by atoms with van der Waals surface area (Å²) >= 11 is 0. The van der Waals surface area contributed by atoms with Gasteiger partial charge >= 0.3 is 6.18 Å². The number of benzene rings is 2. The maximum atomic E-state index is 12.7. The van der Waals surface area contributed by atoms with E-state index in [0.29, 0.717) is 37.3 Å². The summed E-state index contributed by atoms with van der Waals surface area (Å²) in [6, 6.07) is 12.6. The number of fused-ring (bicyclic) bond motifs is 1. The average molecular weight is 467 g/mol. The van der Waals surface area contributed by atoms with E-state index in [1.807, 2.05) is 4.90 Å². The monoisotopic (exact) mass is 467 g/mol. The minimum absolute atomic E-state index is 0.0577. The van der Waals surface area contributed by atoms with Crippen LogP contribution in [0.25, 0.3) is 0 Å². The molecule has 0 aliphatic carbocycles. The second-order valence-corrected chi connectivity index (χ2v) is 9.11. The Bertz CT molecular complexity index is 1160. The van der Waals surface area contributed by atoms with Gasteiger partial charge in [0, 0.05) is 24.6 Å². The molecule has 170 valence electrons. The lowest BCUT2D eigenvalue weighted by Gasteiger charge is -2.32. The Labute approximate surface area is 182 Å². The number of alkyl halides is 3. The summed E-state index contributed by atoms with van der Waals surface area (Å²) in [5, 5.41) is 2.65. The second-order valence-electron chi connectivity index (χ2n) is 7.54. The summed E-state index contributed by atoms with van der Waals surface area (Å²) in [5.74, 6) is -0.382. The maximum Gasteiger partial charge on any atom is 0.422 e. The van der Waals surface area contributed by atoms with Gasteiger partial charge in [-0.15, -0.1) is 4.40 Å². The summed E-state index contributed by atoms with van der Waals surface area (Å²) in [4.78, 5) is 14.7. The first-order chi connectivity index (χ1) is 15.1. The number of hydrogen-bond donors (Lipinski definition) is 1. The molecule has 1 amide bonds. The number of carbonyl (C=O) groups is 1. The molecule has 0 radical (unpaired) electrons. The molecule has 1 N–H and O–H groups in total. The normalized spacial score (nSPS) is 18.1. The molecule has 2 aromatic rings. The number of carbonyl (C=O) groups excluding carboxylic acids is 1. The molecule has 0 bridgehead atoms. The molecular weight excluding hydrogens is 447 g/mol. The van der Waals surface area contributed by atoms with Gasteiger partial charge in [0.25, 0.3) is 10.0 Å². The fourth-order valence-electron chi connectivity index (χ4n) is 3.76. The number of amidine groups is 1. The van der Waals surface area contributed by atoms with Gasteiger partial charge in [0.1, 0.15) is 10.6 Å². The molecule has 0 unspecified atom stereocenters. The lowest BCUT2D eigenvalue weighted by molar-refractivity contribution is -0.153. The molecule has 4 rings (SSSR count). The van der Waals surface area contributed by atoms with Crippen LogP contribution in [0, 0.1) is 5.92 Å². The van der Waals surface area contributed by atoms with Crippen molar-refractivity contribution in [3.05, 3.63) is 54.1 Å². The quantitative estimate of drug-likeness (QED) is 0.745. The molecule has 2 aliphatic heterocycles. The first-order valence-electron chi connectivity index (χ1n) is 9.93. The number of nitrogens with zero attached hydrogens (tertiary/aromatic N) is 2. The van der Waals surface area contributed by atoms with Crippen LogP contribution in [-0.4, -0.2) is 50.9 Å². The molecule has 32 heavy (non-hydrogen) atoms. The van der Waals surface area contributed by atoms with Crippen LogP contribution in [0.2, 0.25) is 0 Å². The summed E-state index contributed by atoms with van der Waals surface area (Å²) in [6.45, 7) is -0.606. The molecule has 2 aliphatic rings. The van der Waals surface area contributed by atoms with Crippen LogP contribution in [0.3, 0.4) is 0 Å². The van der Waals surface area contributed by atoms with Crippen molar-refractivity contribution in [2.45, 2.75) is 23.9 Å². The summed E-state index contributed by atoms with van der Waals surface area (Å²) in [7, 11) is -3.72. The number of rotatable bonds is 4. The molecule has 11 heteroatoms. The van der Waals surface area contributed by atoms with Gasteiger partial charge in [0.2, 0.25) is 5.91 Å². The van der Waals surface area contributed by atoms with Crippen molar-refractivity contribution in [1.29, 1.82) is 0 Å². The zero-order chi connectivity index (χ0) is 22.9. The predicted octanol–water partition coefficient (Wildman–Crippen LogP) is 3.43. The van der Waals surface area contributed by atoms with Gasteiger partial charge in [-0.1, -0.05) is 24.3 Å². The van der Waals surface area contributed by atoms with Crippen LogP contribution in [0.4, 0.5) is 18.9 Å². The first kappa shape index (κ1) is 22.1. The van der Waals surface area contributed by atoms with Gasteiger partial charge in [-0.05, 0) is 37.1 Å². The predicted molar refractivity (Wildman–Crippen MR) is 111 cm³/mol. The number of nitrogens with one attached hydrogen (secondary N) is 1. The minimum Gasteiger partial charge on any atom is -0.482 e. The van der Waals surface area contributed by atoms with Gasteiger partial charge < -0.3 is 15.0 Å². The molecule has 1 saturated heterocycles. The minimum atomic E-state index is -4.49. The average Bonchev–Trinajstić information content (AvgIpc) is 3.04. The highest BCUT2D eigenvalue weighted by atomic mass is 32.2. The first-order valence-corrected chi connectivity index (χ1v) is 11.4. The highest BCUT2D eigenvalue weighted by Gasteiger charge is 2.34. The van der Waals surface area contributed by atoms with E-state index in [1.54, 1.807) is 24.3 Å². The number of anilines is 1. The number of hydrogen-bond acceptors (Lipinski definition) is 5. The van der Waals surface area contributed by atoms with E-state index in [4.69, 9.17) is 4.74 Å². The van der Waals surface area contributed by atoms with Crippen LogP contribution in [-0.2, 0) is 14.8 Å². The van der Waals surface area contributed by atoms with Crippen molar-refractivity contribution < 1.29 is 31.1 Å². The van der Waals surface area contributed by atoms with Crippen LogP contribution in [0.1, 0.15) is 18.4 Å². The molecule has 0 atom stereocenters. The molecule has 0 aromatic heterocycles. The highest BCUT2D eigenvalue weighted by molar-refractivity contribution is 7.90. The van der Waals surface area contributed by atoms with Crippen LogP contribution in [0.15, 0.2) is 57.8 Å². The van der Waals surface area contributed by atoms with Crippen molar-refractivity contribution in [3.8, 4) is 5.75 Å². The standard InChI is InChI=1S/C21H20F3N3O4S/c22-21(23,24)13-31-17-7-3-2-6-16(17)25-20(28)14-9-11-27(12-10-14)19-15-5-1-4-8-18(15)32(29,30)26-19/h1-8,14H,9-13H2,(H,25,28). The Kier molecular flexibility index (Phi) is 5.85. The van der Waals surface area contributed by atoms with Crippen LogP contribution in [0.5, 0.6) is 5.75 Å². The molecule has 7 nitrogen and oxygen atoms in total. The number of para-hydroxylation sites is 2. The fraction of sp³-hybridized carbons (Fsp3) is 0.333. The summed E-state index contributed by atoms with van der Waals surface area (Å²) in [6.07, 6.45) is -3.60. The van der Waals surface area contributed by atoms with Gasteiger partial charge in [0.15, 0.2) is 12.4 Å². The van der Waals surface area contributed by atoms with Crippen LogP contribution >= 0.6 is 0 Å². The summed E-state index contributed by atoms with van der Waals surface area (Å²) in [5.41, 5.74) is 0.718. The molecular formula is C21H20F3N3O4S. The number of halogens is 3. The Morgan fingerprint density at radius 2 is 1.75 bits per heavy atom. The topological polar surface area (TPSA) is 88.1 Å². The van der Waals surface area contributed by atoms with Crippen molar-refractivity contribution in [1.82, 2.24) is 4.90 Å². The molecule has 0 spiro atoms. The van der Waals surface area contributed by atoms with Gasteiger partial charge in [-0.3, -0.25) is 4.79 Å². The van der Waals surface area contributed by atoms with E-state index in [0.717, 1.165) is 0 Å². The zero-order valence-electron chi connectivity index (χ0n) is 16.8. The van der Waals surface area contributed by atoms with Crippen molar-refractivity contribution in [2.24, 2.45) is 10.3 Å². The van der Waals surface area contributed by atoms with Gasteiger partial charge in [0.05, 0.1) is 5.69 Å². The fourth-order valence-corrected chi connectivity index (χ4v) is 4.99. The molecule has 2 aromatic carbocycles. The zero-order valence-corrected chi connectivity index (χ0v) is 17.6. The highest BCUT2D eigenvalue weighted by Crippen LogP contribution is 2.31. The third-order valence-electron chi connectivity index (χ3n) is 5.31. The van der Waals surface area contributed by atoms with Crippen LogP contribution < -0.4 is 10.1 Å². The van der Waals surface area contributed by atoms with E-state index in [9.17, 15) is 26.4 Å². The Morgan fingerprint density at radius 3 is 2.47 bits per heavy atom. The molecule has 2 heterocycles. The SMILES string of the molecule is O=C(Nc1ccccc1OCC(F)(F)F)C1CCN(C2=NS(=O)(=O)c3ccccc32)CC1. The number of amides is 1. The third kappa shape index (κ3) is 4.72. The lowest BCUT2D eigenvalue weighted by Crippen LogP contribution is -2.41. The largest absolute Gasteiger partial charge is 0.482 e. The Balaban J connectivity index is 1.39. The van der Waals surface area contributed by atoms with Crippen molar-refractivity contribution in [2.75, 3.05) is 25.0 Å². The smallest absolute Gasteiger partial charge is 0.422 e. The number of sulfonamides is 1. The van der Waals surface area contributed by atoms with E-state index in [1.165, 1.54) is 24.3 Å². The summed E-state index contributed by atoms with van der Waals surface area (Å²) < 4.78 is 70.7. The third-order valence-corrected chi connectivity index (χ3v) is 6.64. The van der Waals surface area contributed by atoms with Crippen molar-refractivity contribution in [3.63, 3.8) is 0 Å². The Hall–Kier alpha value is -3.08. The maximum absolute atomic E-state index is 12.7. The second kappa shape index (κ2) is 8.45. The van der Waals surface area contributed by atoms with E-state index >= 15 is 0 Å². The van der Waals surface area contributed by atoms with E-state index in [-0.39, 0.29) is 28.2 Å². The van der Waals surface area contributed by atoms with Crippen molar-refractivity contribution >= 4 is 27.5 Å². The Morgan fingerprint density at radius 1 is 1.09 bits per heavy atom. The van der Waals surface area contributed by atoms with Gasteiger partial charge in [-0.2, -0.15) is 21.6 Å². The number of likely N-dealkylation sites (tertiary alicyclic amines) is 1. The van der Waals surface area contributed by atoms with E-state index in [2.05, 4.69) is 9.71 Å². The van der Waals surface area contributed by atoms with Gasteiger partial charge in [-0.25, -0.2) is 0 Å².